The highest BCUT2D eigenvalue weighted by Gasteiger charge is 2.28. The maximum atomic E-state index is 13.0. The van der Waals surface area contributed by atoms with E-state index in [0.717, 1.165) is 18.4 Å². The minimum Gasteiger partial charge on any atom is -0.354 e. The fraction of sp³-hybridized carbons (Fsp3) is 0.440. The van der Waals surface area contributed by atoms with E-state index < -0.39 is 6.04 Å². The van der Waals surface area contributed by atoms with Gasteiger partial charge in [0, 0.05) is 26.1 Å². The van der Waals surface area contributed by atoms with Crippen molar-refractivity contribution in [1.82, 2.24) is 10.2 Å². The van der Waals surface area contributed by atoms with Crippen LogP contribution in [0.2, 0.25) is 0 Å². The van der Waals surface area contributed by atoms with Crippen molar-refractivity contribution in [1.29, 1.82) is 0 Å². The second kappa shape index (κ2) is 14.3. The number of hydrogen-bond acceptors (Lipinski definition) is 4. The normalized spacial score (nSPS) is 11.7. The molecule has 0 aliphatic heterocycles. The molecule has 0 saturated carbocycles. The molecule has 0 aliphatic rings. The van der Waals surface area contributed by atoms with Gasteiger partial charge in [0.2, 0.25) is 11.8 Å². The summed E-state index contributed by atoms with van der Waals surface area (Å²) in [5.41, 5.74) is 13.7. The van der Waals surface area contributed by atoms with Gasteiger partial charge in [-0.15, -0.1) is 0 Å². The Morgan fingerprint density at radius 1 is 0.839 bits per heavy atom. The van der Waals surface area contributed by atoms with Crippen LogP contribution in [-0.4, -0.2) is 48.9 Å². The second-order valence-electron chi connectivity index (χ2n) is 7.69. The molecule has 1 atom stereocenters. The second-order valence-corrected chi connectivity index (χ2v) is 7.69. The van der Waals surface area contributed by atoms with Gasteiger partial charge in [-0.05, 0) is 49.8 Å². The molecule has 5 N–H and O–H groups in total. The summed E-state index contributed by atoms with van der Waals surface area (Å²) in [5, 5.41) is 3.03. The average molecular weight is 425 g/mol. The van der Waals surface area contributed by atoms with Crippen molar-refractivity contribution in [2.24, 2.45) is 11.5 Å². The Hall–Kier alpha value is -2.70. The molecule has 0 radical (unpaired) electrons. The first kappa shape index (κ1) is 24.6. The number of carbonyl (C=O) groups is 2. The van der Waals surface area contributed by atoms with Crippen molar-refractivity contribution in [2.75, 3.05) is 26.2 Å². The molecule has 168 valence electrons. The van der Waals surface area contributed by atoms with Crippen LogP contribution in [0.5, 0.6) is 0 Å². The van der Waals surface area contributed by atoms with Crippen molar-refractivity contribution in [3.63, 3.8) is 0 Å². The molecule has 6 nitrogen and oxygen atoms in total. The number of nitrogens with zero attached hydrogens (tertiary/aromatic N) is 1. The molecule has 6 heteroatoms. The SMILES string of the molecule is NCCC[C@@H](C(=O)NCCCc1ccccc1)N(CCc1ccccc1)C(=O)CCN. The van der Waals surface area contributed by atoms with E-state index in [1.54, 1.807) is 4.90 Å². The van der Waals surface area contributed by atoms with Crippen molar-refractivity contribution in [2.45, 2.75) is 44.6 Å². The lowest BCUT2D eigenvalue weighted by molar-refractivity contribution is -0.140. The summed E-state index contributed by atoms with van der Waals surface area (Å²) >= 11 is 0. The number of nitrogens with two attached hydrogens (primary N) is 2. The number of nitrogens with one attached hydrogen (secondary N) is 1. The van der Waals surface area contributed by atoms with Crippen LogP contribution in [0.25, 0.3) is 0 Å². The molecule has 0 heterocycles. The predicted molar refractivity (Wildman–Crippen MR) is 125 cm³/mol. The van der Waals surface area contributed by atoms with Crippen LogP contribution in [0, 0.1) is 0 Å². The minimum atomic E-state index is -0.525. The molecule has 2 aromatic rings. The minimum absolute atomic E-state index is 0.0834. The monoisotopic (exact) mass is 424 g/mol. The highest BCUT2D eigenvalue weighted by Crippen LogP contribution is 2.12. The lowest BCUT2D eigenvalue weighted by Crippen LogP contribution is -2.51. The van der Waals surface area contributed by atoms with E-state index in [1.807, 2.05) is 48.5 Å². The molecule has 2 aromatic carbocycles. The Labute approximate surface area is 186 Å². The van der Waals surface area contributed by atoms with Gasteiger partial charge in [-0.3, -0.25) is 9.59 Å². The summed E-state index contributed by atoms with van der Waals surface area (Å²) < 4.78 is 0. The number of aryl methyl sites for hydroxylation is 1. The quantitative estimate of drug-likeness (QED) is 0.405. The van der Waals surface area contributed by atoms with Gasteiger partial charge in [-0.2, -0.15) is 0 Å². The molecular weight excluding hydrogens is 388 g/mol. The summed E-state index contributed by atoms with van der Waals surface area (Å²) in [5.74, 6) is -0.195. The third kappa shape index (κ3) is 8.90. The van der Waals surface area contributed by atoms with Crippen molar-refractivity contribution >= 4 is 11.8 Å². The van der Waals surface area contributed by atoms with Gasteiger partial charge in [-0.25, -0.2) is 0 Å². The molecule has 2 rings (SSSR count). The molecule has 0 bridgehead atoms. The number of amides is 2. The van der Waals surface area contributed by atoms with Crippen LogP contribution in [0.4, 0.5) is 0 Å². The smallest absolute Gasteiger partial charge is 0.242 e. The summed E-state index contributed by atoms with van der Waals surface area (Å²) in [6.45, 7) is 1.80. The van der Waals surface area contributed by atoms with E-state index in [4.69, 9.17) is 11.5 Å². The standard InChI is InChI=1S/C25H36N4O2/c26-17-7-14-23(25(31)28-19-8-13-21-9-3-1-4-10-21)29(24(30)15-18-27)20-16-22-11-5-2-6-12-22/h1-6,9-12,23H,7-8,13-20,26-27H2,(H,28,31)/t23-/m0/s1. The van der Waals surface area contributed by atoms with E-state index in [2.05, 4.69) is 17.4 Å². The van der Waals surface area contributed by atoms with E-state index in [-0.39, 0.29) is 24.8 Å². The van der Waals surface area contributed by atoms with Crippen LogP contribution in [0.3, 0.4) is 0 Å². The molecule has 0 aliphatic carbocycles. The van der Waals surface area contributed by atoms with Crippen molar-refractivity contribution < 1.29 is 9.59 Å². The topological polar surface area (TPSA) is 101 Å². The van der Waals surface area contributed by atoms with Crippen molar-refractivity contribution in [3.8, 4) is 0 Å². The Morgan fingerprint density at radius 3 is 2.03 bits per heavy atom. The first-order chi connectivity index (χ1) is 15.2. The van der Waals surface area contributed by atoms with Gasteiger partial charge in [0.05, 0.1) is 0 Å². The van der Waals surface area contributed by atoms with Crippen LogP contribution in [0.1, 0.15) is 36.8 Å². The summed E-state index contributed by atoms with van der Waals surface area (Å²) in [4.78, 5) is 27.6. The molecule has 0 aromatic heterocycles. The zero-order valence-corrected chi connectivity index (χ0v) is 18.3. The molecule has 0 saturated heterocycles. The maximum Gasteiger partial charge on any atom is 0.242 e. The van der Waals surface area contributed by atoms with Crippen LogP contribution in [0.15, 0.2) is 60.7 Å². The Balaban J connectivity index is 2.00. The number of benzene rings is 2. The summed E-state index contributed by atoms with van der Waals surface area (Å²) in [7, 11) is 0. The van der Waals surface area contributed by atoms with Gasteiger partial charge in [-0.1, -0.05) is 60.7 Å². The van der Waals surface area contributed by atoms with Gasteiger partial charge in [0.25, 0.3) is 0 Å². The van der Waals surface area contributed by atoms with Crippen LogP contribution in [-0.2, 0) is 22.4 Å². The largest absolute Gasteiger partial charge is 0.354 e. The average Bonchev–Trinajstić information content (AvgIpc) is 2.80. The fourth-order valence-corrected chi connectivity index (χ4v) is 3.62. The van der Waals surface area contributed by atoms with E-state index in [1.165, 1.54) is 5.56 Å². The first-order valence-electron chi connectivity index (χ1n) is 11.2. The highest BCUT2D eigenvalue weighted by atomic mass is 16.2. The fourth-order valence-electron chi connectivity index (χ4n) is 3.62. The third-order valence-electron chi connectivity index (χ3n) is 5.31. The zero-order chi connectivity index (χ0) is 22.3. The summed E-state index contributed by atoms with van der Waals surface area (Å²) in [6, 6.07) is 19.7. The van der Waals surface area contributed by atoms with Gasteiger partial charge >= 0.3 is 0 Å². The Kier molecular flexibility index (Phi) is 11.4. The lowest BCUT2D eigenvalue weighted by Gasteiger charge is -2.31. The molecule has 0 unspecified atom stereocenters. The zero-order valence-electron chi connectivity index (χ0n) is 18.3. The molecule has 0 fully saturated rings. The Morgan fingerprint density at radius 2 is 1.45 bits per heavy atom. The van der Waals surface area contributed by atoms with Crippen LogP contribution >= 0.6 is 0 Å². The van der Waals surface area contributed by atoms with E-state index in [9.17, 15) is 9.59 Å². The molecule has 31 heavy (non-hydrogen) atoms. The third-order valence-corrected chi connectivity index (χ3v) is 5.31. The first-order valence-corrected chi connectivity index (χ1v) is 11.2. The molecular formula is C25H36N4O2. The maximum absolute atomic E-state index is 13.0. The number of rotatable bonds is 14. The lowest BCUT2D eigenvalue weighted by atomic mass is 10.1. The Bertz CT molecular complexity index is 768. The predicted octanol–water partition coefficient (Wildman–Crippen LogP) is 2.26. The van der Waals surface area contributed by atoms with E-state index in [0.29, 0.717) is 38.9 Å². The van der Waals surface area contributed by atoms with Gasteiger partial charge in [0.1, 0.15) is 6.04 Å². The number of hydrogen-bond donors (Lipinski definition) is 3. The van der Waals surface area contributed by atoms with Crippen LogP contribution < -0.4 is 16.8 Å². The molecule has 0 spiro atoms. The van der Waals surface area contributed by atoms with Crippen molar-refractivity contribution in [3.05, 3.63) is 71.8 Å². The van der Waals surface area contributed by atoms with Gasteiger partial charge < -0.3 is 21.7 Å². The van der Waals surface area contributed by atoms with E-state index >= 15 is 0 Å². The number of carbonyl (C=O) groups excluding carboxylic acids is 2. The highest BCUT2D eigenvalue weighted by molar-refractivity contribution is 5.87. The molecule has 2 amide bonds. The van der Waals surface area contributed by atoms with Gasteiger partial charge in [0.15, 0.2) is 0 Å². The summed E-state index contributed by atoms with van der Waals surface area (Å²) in [6.07, 6.45) is 3.90.